The van der Waals surface area contributed by atoms with Gasteiger partial charge in [-0.3, -0.25) is 0 Å². The van der Waals surface area contributed by atoms with E-state index in [4.69, 9.17) is 18.6 Å². The van der Waals surface area contributed by atoms with E-state index in [1.165, 1.54) is 0 Å². The molecule has 0 aliphatic rings. The van der Waals surface area contributed by atoms with Crippen LogP contribution in [0.5, 0.6) is 0 Å². The molecular weight excluding hydrogens is 278 g/mol. The summed E-state index contributed by atoms with van der Waals surface area (Å²) in [5.74, 6) is 0. The zero-order chi connectivity index (χ0) is 4.50. The Morgan fingerprint density at radius 3 is 0.750 bits per heavy atom. The van der Waals surface area contributed by atoms with Crippen molar-refractivity contribution in [3.8, 4) is 0 Å². The van der Waals surface area contributed by atoms with Crippen LogP contribution in [-0.4, -0.2) is 0 Å². The van der Waals surface area contributed by atoms with Crippen LogP contribution in [-0.2, 0) is 22.4 Å². The van der Waals surface area contributed by atoms with Crippen LogP contribution in [0, 0.1) is 10.2 Å². The van der Waals surface area contributed by atoms with Crippen LogP contribution in [0.4, 0.5) is 0 Å². The maximum atomic E-state index is 8.49. The molecule has 8 heavy (non-hydrogen) atoms. The van der Waals surface area contributed by atoms with Gasteiger partial charge in [-0.2, -0.15) is 0 Å². The fourth-order valence-electron chi connectivity index (χ4n) is 0. The van der Waals surface area contributed by atoms with E-state index in [0.29, 0.717) is 0 Å². The maximum absolute atomic E-state index is 8.49. The third-order valence-electron chi connectivity index (χ3n) is 0. The maximum Gasteiger partial charge on any atom is 0 e. The topological polar surface area (TPSA) is 92.2 Å². The molecule has 1 radical (unpaired) electrons. The molecule has 0 bridgehead atoms. The van der Waals surface area contributed by atoms with Gasteiger partial charge in [0, 0.05) is 22.4 Å². The van der Waals surface area contributed by atoms with Crippen molar-refractivity contribution in [2.75, 3.05) is 0 Å². The van der Waals surface area contributed by atoms with Crippen molar-refractivity contribution in [3.63, 3.8) is 0 Å². The molecule has 8 heteroatoms. The summed E-state index contributed by atoms with van der Waals surface area (Å²) in [6.45, 7) is 0. The Bertz CT molecular complexity index is 26.8. The molecule has 0 amide bonds. The Morgan fingerprint density at radius 2 is 0.750 bits per heavy atom. The molecule has 0 rings (SSSR count). The smallest absolute Gasteiger partial charge is 0 e. The third-order valence-corrected chi connectivity index (χ3v) is 0. The van der Waals surface area contributed by atoms with Crippen LogP contribution in [0.3, 0.4) is 0 Å². The molecule has 0 atom stereocenters. The average Bonchev–Trinajstić information content (AvgIpc) is 0.722. The van der Waals surface area contributed by atoms with E-state index in [9.17, 15) is 0 Å². The summed E-state index contributed by atoms with van der Waals surface area (Å²) in [6, 6.07) is 0. The van der Waals surface area contributed by atoms with Crippen molar-refractivity contribution in [1.82, 2.24) is 0 Å². The third kappa shape index (κ3) is 147. The second-order valence-electron chi connectivity index (χ2n) is 0.378. The molecule has 0 aliphatic heterocycles. The van der Waals surface area contributed by atoms with E-state index in [-0.39, 0.29) is 47.2 Å². The summed E-state index contributed by atoms with van der Waals surface area (Å²) in [7, 11) is -4.94. The monoisotopic (exact) mass is 276 g/mol. The van der Waals surface area contributed by atoms with Crippen LogP contribution in [0.2, 0.25) is 0 Å². The van der Waals surface area contributed by atoms with Gasteiger partial charge in [-0.25, -0.2) is 18.6 Å². The predicted octanol–water partition coefficient (Wildman–Crippen LogP) is -10.8. The number of hydrogen-bond acceptors (Lipinski definition) is 4. The summed E-state index contributed by atoms with van der Waals surface area (Å²) in [4.78, 5) is 0. The van der Waals surface area contributed by atoms with Crippen LogP contribution >= 0.6 is 0 Å². The Balaban J connectivity index is -0.0000000267. The summed E-state index contributed by atoms with van der Waals surface area (Å²) < 4.78 is 34.0. The van der Waals surface area contributed by atoms with Crippen molar-refractivity contribution >= 4 is 0 Å². The first-order chi connectivity index (χ1) is 2.00. The average molecular weight is 278 g/mol. The minimum absolute atomic E-state index is 0. The molecule has 0 saturated heterocycles. The molecule has 0 aromatic heterocycles. The summed E-state index contributed by atoms with van der Waals surface area (Å²) in [5, 5.41) is 0. The van der Waals surface area contributed by atoms with Crippen molar-refractivity contribution in [2.24, 2.45) is 0 Å². The first-order valence-corrected chi connectivity index (χ1v) is 1.85. The quantitative estimate of drug-likeness (QED) is 0.411. The Hall–Kier alpha value is 1.45. The van der Waals surface area contributed by atoms with Crippen molar-refractivity contribution in [1.29, 1.82) is 0 Å². The summed E-state index contributed by atoms with van der Waals surface area (Å²) >= 11 is 0. The molecule has 0 unspecified atom stereocenters. The van der Waals surface area contributed by atoms with E-state index in [0.717, 1.165) is 0 Å². The van der Waals surface area contributed by atoms with Crippen LogP contribution in [0.25, 0.3) is 0 Å². The Kier molecular flexibility index (Phi) is 24.0. The first-order valence-electron chi connectivity index (χ1n) is 0.617. The van der Waals surface area contributed by atoms with Gasteiger partial charge in [-0.05, 0) is 0 Å². The Morgan fingerprint density at radius 1 is 0.750 bits per heavy atom. The summed E-state index contributed by atoms with van der Waals surface area (Å²) in [6.07, 6.45) is 0. The first kappa shape index (κ1) is 22.7. The molecule has 0 spiro atoms. The summed E-state index contributed by atoms with van der Waals surface area (Å²) in [5.41, 5.74) is 0. The van der Waals surface area contributed by atoms with E-state index in [2.05, 4.69) is 0 Å². The van der Waals surface area contributed by atoms with Gasteiger partial charge in [0.05, 0.1) is 0 Å². The van der Waals surface area contributed by atoms with Crippen LogP contribution in [0.1, 0.15) is 0 Å². The number of hydrogen-bond donors (Lipinski definition) is 0. The fourth-order valence-corrected chi connectivity index (χ4v) is 0. The van der Waals surface area contributed by atoms with Crippen LogP contribution < -0.4 is 43.5 Å². The molecule has 59 valence electrons. The molecule has 0 N–H and O–H groups in total. The molecule has 4 nitrogen and oxygen atoms in total. The SMILES string of the molecule is [Ag].[Cl-].[Cl-].[O-][Cl+3]([O-])([O-])[O-]. The molecule has 0 fully saturated rings. The van der Waals surface area contributed by atoms with Gasteiger partial charge in [0.2, 0.25) is 0 Å². The Labute approximate surface area is 76.0 Å². The van der Waals surface area contributed by atoms with E-state index >= 15 is 0 Å². The minimum atomic E-state index is -4.94. The minimum Gasteiger partial charge on any atom is -1.00 e. The largest absolute Gasteiger partial charge is 1.00 e. The van der Waals surface area contributed by atoms with E-state index < -0.39 is 10.2 Å². The zero-order valence-corrected chi connectivity index (χ0v) is 6.82. The predicted molar refractivity (Wildman–Crippen MR) is 0 cm³/mol. The molecule has 0 saturated carbocycles. The van der Waals surface area contributed by atoms with Gasteiger partial charge >= 0.3 is 0 Å². The molecular formula is AgCl3O4-3. The van der Waals surface area contributed by atoms with Gasteiger partial charge in [0.15, 0.2) is 0 Å². The van der Waals surface area contributed by atoms with Gasteiger partial charge < -0.3 is 24.8 Å². The molecule has 0 aliphatic carbocycles. The standard InChI is InChI=1S/Ag.ClHO4.2ClH/c;2-1(3,4)5;;/h;(H,2,3,4,5);2*1H/p-3. The number of rotatable bonds is 0. The molecule has 0 aromatic rings. The second-order valence-corrected chi connectivity index (χ2v) is 1.13. The van der Waals surface area contributed by atoms with Gasteiger partial charge in [-0.15, -0.1) is 10.2 Å². The molecule has 0 heterocycles. The zero-order valence-electron chi connectivity index (χ0n) is 3.07. The van der Waals surface area contributed by atoms with E-state index in [1.54, 1.807) is 0 Å². The van der Waals surface area contributed by atoms with Gasteiger partial charge in [-0.1, -0.05) is 0 Å². The van der Waals surface area contributed by atoms with Crippen molar-refractivity contribution in [3.05, 3.63) is 0 Å². The van der Waals surface area contributed by atoms with Crippen molar-refractivity contribution < 1.29 is 76.1 Å². The van der Waals surface area contributed by atoms with Gasteiger partial charge in [0.1, 0.15) is 0 Å². The number of halogens is 3. The van der Waals surface area contributed by atoms with Gasteiger partial charge in [0.25, 0.3) is 0 Å². The fraction of sp³-hybridized carbons (Fsp3) is 0. The molecule has 0 aromatic carbocycles. The second kappa shape index (κ2) is 8.45. The van der Waals surface area contributed by atoms with Crippen molar-refractivity contribution in [2.45, 2.75) is 0 Å². The van der Waals surface area contributed by atoms with Crippen LogP contribution in [0.15, 0.2) is 0 Å². The van der Waals surface area contributed by atoms with E-state index in [1.807, 2.05) is 0 Å². The normalized spacial score (nSPS) is 7.50.